The van der Waals surface area contributed by atoms with Crippen molar-refractivity contribution in [1.29, 1.82) is 0 Å². The predicted molar refractivity (Wildman–Crippen MR) is 115 cm³/mol. The van der Waals surface area contributed by atoms with E-state index in [2.05, 4.69) is 31.3 Å². The van der Waals surface area contributed by atoms with Crippen molar-refractivity contribution in [3.8, 4) is 11.3 Å². The minimum absolute atomic E-state index is 0.0406. The van der Waals surface area contributed by atoms with Crippen LogP contribution in [0.5, 0.6) is 0 Å². The summed E-state index contributed by atoms with van der Waals surface area (Å²) in [4.78, 5) is 22.8. The van der Waals surface area contributed by atoms with Crippen molar-refractivity contribution in [1.82, 2.24) is 5.43 Å². The van der Waals surface area contributed by atoms with E-state index >= 15 is 0 Å². The van der Waals surface area contributed by atoms with E-state index in [1.807, 2.05) is 24.3 Å². The largest absolute Gasteiger partial charge is 0.455 e. The molecule has 30 heavy (non-hydrogen) atoms. The van der Waals surface area contributed by atoms with E-state index in [0.717, 1.165) is 5.56 Å². The van der Waals surface area contributed by atoms with E-state index in [0.29, 0.717) is 17.1 Å². The summed E-state index contributed by atoms with van der Waals surface area (Å²) in [6.45, 7) is 6.42. The molecule has 154 valence electrons. The highest BCUT2D eigenvalue weighted by Gasteiger charge is 2.17. The summed E-state index contributed by atoms with van der Waals surface area (Å²) in [6, 6.07) is 17.5. The second kappa shape index (κ2) is 8.73. The summed E-state index contributed by atoms with van der Waals surface area (Å²) in [5.74, 6) is 0.479. The van der Waals surface area contributed by atoms with E-state index in [9.17, 15) is 14.9 Å². The molecule has 0 saturated carbocycles. The number of rotatable bonds is 6. The number of benzene rings is 2. The van der Waals surface area contributed by atoms with Crippen molar-refractivity contribution < 1.29 is 14.1 Å². The van der Waals surface area contributed by atoms with Crippen LogP contribution in [0.2, 0.25) is 0 Å². The molecule has 0 atom stereocenters. The molecule has 7 heteroatoms. The Labute approximate surface area is 174 Å². The maximum atomic E-state index is 12.1. The molecule has 0 radical (unpaired) electrons. The van der Waals surface area contributed by atoms with Crippen LogP contribution < -0.4 is 5.43 Å². The van der Waals surface area contributed by atoms with E-state index < -0.39 is 4.92 Å². The smallest absolute Gasteiger partial charge is 0.280 e. The highest BCUT2D eigenvalue weighted by molar-refractivity contribution is 5.82. The van der Waals surface area contributed by atoms with E-state index in [4.69, 9.17) is 4.42 Å². The highest BCUT2D eigenvalue weighted by Crippen LogP contribution is 2.30. The summed E-state index contributed by atoms with van der Waals surface area (Å²) in [6.07, 6.45) is 1.57. The van der Waals surface area contributed by atoms with Crippen LogP contribution in [0.15, 0.2) is 70.2 Å². The monoisotopic (exact) mass is 405 g/mol. The third kappa shape index (κ3) is 5.20. The molecule has 1 aromatic heterocycles. The van der Waals surface area contributed by atoms with Crippen molar-refractivity contribution in [3.63, 3.8) is 0 Å². The van der Waals surface area contributed by atoms with Crippen LogP contribution in [0.1, 0.15) is 37.7 Å². The average molecular weight is 405 g/mol. The van der Waals surface area contributed by atoms with Gasteiger partial charge in [0.15, 0.2) is 0 Å². The topological polar surface area (TPSA) is 97.7 Å². The van der Waals surface area contributed by atoms with Gasteiger partial charge in [0.25, 0.3) is 5.69 Å². The summed E-state index contributed by atoms with van der Waals surface area (Å²) in [7, 11) is 0. The second-order valence-electron chi connectivity index (χ2n) is 7.89. The Balaban J connectivity index is 1.60. The molecule has 0 bridgehead atoms. The number of carbonyl (C=O) groups excluding carboxylic acids is 1. The van der Waals surface area contributed by atoms with Crippen LogP contribution in [0.25, 0.3) is 11.3 Å². The summed E-state index contributed by atoms with van der Waals surface area (Å²) < 4.78 is 5.60. The number of nitro groups is 1. The number of hydrogen-bond acceptors (Lipinski definition) is 5. The third-order valence-electron chi connectivity index (χ3n) is 4.56. The van der Waals surface area contributed by atoms with E-state index in [-0.39, 0.29) is 23.4 Å². The van der Waals surface area contributed by atoms with Gasteiger partial charge in [-0.15, -0.1) is 0 Å². The standard InChI is InChI=1S/C23H23N3O4/c1-23(2,3)17-10-8-16(9-11-17)14-22(27)25-24-15-18-12-13-21(30-18)19-6-4-5-7-20(19)26(28)29/h4-13,15H,14H2,1-3H3,(H,25,27)/b24-15-. The summed E-state index contributed by atoms with van der Waals surface area (Å²) >= 11 is 0. The minimum Gasteiger partial charge on any atom is -0.455 e. The molecule has 3 aromatic rings. The highest BCUT2D eigenvalue weighted by atomic mass is 16.6. The Morgan fingerprint density at radius 3 is 2.47 bits per heavy atom. The number of furan rings is 1. The van der Waals surface area contributed by atoms with E-state index in [1.165, 1.54) is 17.8 Å². The van der Waals surface area contributed by atoms with Crippen LogP contribution in [-0.4, -0.2) is 17.0 Å². The lowest BCUT2D eigenvalue weighted by Crippen LogP contribution is -2.20. The van der Waals surface area contributed by atoms with Crippen molar-refractivity contribution in [2.24, 2.45) is 5.10 Å². The normalized spacial score (nSPS) is 11.6. The Hall–Kier alpha value is -3.74. The average Bonchev–Trinajstić information content (AvgIpc) is 3.16. The fourth-order valence-corrected chi connectivity index (χ4v) is 2.92. The molecule has 0 aliphatic carbocycles. The molecule has 0 unspecified atom stereocenters. The SMILES string of the molecule is CC(C)(C)c1ccc(CC(=O)N/N=C\c2ccc(-c3ccccc3[N+](=O)[O-])o2)cc1. The first-order valence-corrected chi connectivity index (χ1v) is 9.49. The van der Waals surface area contributed by atoms with Crippen molar-refractivity contribution >= 4 is 17.8 Å². The molecule has 3 rings (SSSR count). The number of nitrogens with zero attached hydrogens (tertiary/aromatic N) is 2. The minimum atomic E-state index is -0.458. The van der Waals surface area contributed by atoms with E-state index in [1.54, 1.807) is 30.3 Å². The number of hydrogen-bond donors (Lipinski definition) is 1. The molecule has 0 aliphatic heterocycles. The Morgan fingerprint density at radius 2 is 1.80 bits per heavy atom. The first kappa shape index (κ1) is 21.0. The van der Waals surface area contributed by atoms with Crippen LogP contribution >= 0.6 is 0 Å². The number of hydrazone groups is 1. The first-order valence-electron chi connectivity index (χ1n) is 9.49. The zero-order valence-electron chi connectivity index (χ0n) is 17.1. The Morgan fingerprint density at radius 1 is 1.10 bits per heavy atom. The number of nitro benzene ring substituents is 1. The molecule has 0 aliphatic rings. The van der Waals surface area contributed by atoms with Gasteiger partial charge in [-0.05, 0) is 34.7 Å². The molecule has 1 heterocycles. The van der Waals surface area contributed by atoms with Gasteiger partial charge in [-0.2, -0.15) is 5.10 Å². The number of carbonyl (C=O) groups is 1. The molecule has 0 spiro atoms. The molecule has 1 N–H and O–H groups in total. The van der Waals surface area contributed by atoms with Crippen LogP contribution in [0, 0.1) is 10.1 Å². The quantitative estimate of drug-likeness (QED) is 0.360. The van der Waals surface area contributed by atoms with Gasteiger partial charge in [-0.25, -0.2) is 5.43 Å². The number of amides is 1. The molecule has 0 fully saturated rings. The fourth-order valence-electron chi connectivity index (χ4n) is 2.92. The lowest BCUT2D eigenvalue weighted by atomic mass is 9.86. The molecule has 1 amide bonds. The maximum absolute atomic E-state index is 12.1. The maximum Gasteiger partial charge on any atom is 0.280 e. The fraction of sp³-hybridized carbons (Fsp3) is 0.217. The lowest BCUT2D eigenvalue weighted by molar-refractivity contribution is -0.384. The van der Waals surface area contributed by atoms with Crippen LogP contribution in [0.3, 0.4) is 0 Å². The zero-order chi connectivity index (χ0) is 21.7. The molecule has 0 saturated heterocycles. The Kier molecular flexibility index (Phi) is 6.11. The predicted octanol–water partition coefficient (Wildman–Crippen LogP) is 4.85. The van der Waals surface area contributed by atoms with Gasteiger partial charge in [0.1, 0.15) is 11.5 Å². The van der Waals surface area contributed by atoms with Gasteiger partial charge in [-0.1, -0.05) is 57.2 Å². The third-order valence-corrected chi connectivity index (χ3v) is 4.56. The van der Waals surface area contributed by atoms with Crippen molar-refractivity contribution in [2.45, 2.75) is 32.6 Å². The van der Waals surface area contributed by atoms with Gasteiger partial charge in [0, 0.05) is 6.07 Å². The van der Waals surface area contributed by atoms with Crippen LogP contribution in [0.4, 0.5) is 5.69 Å². The van der Waals surface area contributed by atoms with Gasteiger partial charge in [0.05, 0.1) is 23.1 Å². The van der Waals surface area contributed by atoms with Gasteiger partial charge < -0.3 is 4.42 Å². The van der Waals surface area contributed by atoms with Gasteiger partial charge in [-0.3, -0.25) is 14.9 Å². The number of nitrogens with one attached hydrogen (secondary N) is 1. The van der Waals surface area contributed by atoms with Gasteiger partial charge in [0.2, 0.25) is 5.91 Å². The summed E-state index contributed by atoms with van der Waals surface area (Å²) in [5.41, 5.74) is 4.97. The summed E-state index contributed by atoms with van der Waals surface area (Å²) in [5, 5.41) is 15.1. The van der Waals surface area contributed by atoms with Crippen LogP contribution in [-0.2, 0) is 16.6 Å². The first-order chi connectivity index (χ1) is 14.2. The molecular formula is C23H23N3O4. The van der Waals surface area contributed by atoms with Gasteiger partial charge >= 0.3 is 0 Å². The molecule has 2 aromatic carbocycles. The molecule has 7 nitrogen and oxygen atoms in total. The number of para-hydroxylation sites is 1. The molecular weight excluding hydrogens is 382 g/mol. The zero-order valence-corrected chi connectivity index (χ0v) is 17.1. The van der Waals surface area contributed by atoms with Crippen molar-refractivity contribution in [3.05, 3.63) is 87.7 Å². The van der Waals surface area contributed by atoms with Crippen molar-refractivity contribution in [2.75, 3.05) is 0 Å². The lowest BCUT2D eigenvalue weighted by Gasteiger charge is -2.19. The Bertz CT molecular complexity index is 1080. The second-order valence-corrected chi connectivity index (χ2v) is 7.89.